The third-order valence-electron chi connectivity index (χ3n) is 3.55. The van der Waals surface area contributed by atoms with Gasteiger partial charge in [-0.2, -0.15) is 15.0 Å². The van der Waals surface area contributed by atoms with Crippen molar-refractivity contribution in [1.29, 1.82) is 5.41 Å². The van der Waals surface area contributed by atoms with E-state index in [1.165, 1.54) is 0 Å². The zero-order valence-corrected chi connectivity index (χ0v) is 15.3. The molecule has 1 aromatic heterocycles. The van der Waals surface area contributed by atoms with Crippen molar-refractivity contribution in [2.75, 3.05) is 36.5 Å². The van der Waals surface area contributed by atoms with Crippen LogP contribution in [0.3, 0.4) is 0 Å². The third kappa shape index (κ3) is 6.42. The van der Waals surface area contributed by atoms with Crippen LogP contribution < -0.4 is 22.5 Å². The quantitative estimate of drug-likeness (QED) is 0.246. The molecular formula is C17H25N9O. The molecule has 0 spiro atoms. The van der Waals surface area contributed by atoms with Crippen LogP contribution in [0.25, 0.3) is 0 Å². The number of ether oxygens (including phenoxy) is 1. The largest absolute Gasteiger partial charge is 0.478 e. The summed E-state index contributed by atoms with van der Waals surface area (Å²) in [4.78, 5) is 16.0. The molecule has 0 aliphatic carbocycles. The molecule has 1 aromatic carbocycles. The van der Waals surface area contributed by atoms with E-state index in [0.717, 1.165) is 18.4 Å². The van der Waals surface area contributed by atoms with Gasteiger partial charge in [0.25, 0.3) is 0 Å². The molecule has 27 heavy (non-hydrogen) atoms. The van der Waals surface area contributed by atoms with Crippen LogP contribution in [0, 0.1) is 5.41 Å². The average Bonchev–Trinajstić information content (AvgIpc) is 2.64. The van der Waals surface area contributed by atoms with E-state index >= 15 is 0 Å². The molecule has 0 radical (unpaired) electrons. The van der Waals surface area contributed by atoms with Crippen LogP contribution in [-0.4, -0.2) is 46.4 Å². The number of hydrogen-bond acceptors (Lipinski definition) is 9. The third-order valence-corrected chi connectivity index (χ3v) is 3.55. The van der Waals surface area contributed by atoms with E-state index in [4.69, 9.17) is 27.3 Å². The zero-order valence-electron chi connectivity index (χ0n) is 15.3. The first-order chi connectivity index (χ1) is 13.0. The van der Waals surface area contributed by atoms with Gasteiger partial charge in [-0.15, -0.1) is 0 Å². The second kappa shape index (κ2) is 9.90. The monoisotopic (exact) mass is 371 g/mol. The summed E-state index contributed by atoms with van der Waals surface area (Å²) in [6, 6.07) is 7.26. The molecule has 0 unspecified atom stereocenters. The summed E-state index contributed by atoms with van der Waals surface area (Å²) in [5, 5.41) is 10.8. The Hall–Kier alpha value is -3.43. The maximum atomic E-state index is 7.75. The first kappa shape index (κ1) is 19.9. The molecule has 2 aromatic rings. The molecule has 0 saturated carbocycles. The van der Waals surface area contributed by atoms with Gasteiger partial charge in [-0.25, -0.2) is 0 Å². The number of nitrogen functional groups attached to an aromatic ring is 2. The van der Waals surface area contributed by atoms with Crippen LogP contribution in [0.15, 0.2) is 29.3 Å². The Balaban J connectivity index is 1.74. The number of hydrogen-bond donors (Lipinski definition) is 5. The molecule has 0 aliphatic heterocycles. The van der Waals surface area contributed by atoms with E-state index in [1.54, 1.807) is 12.1 Å². The van der Waals surface area contributed by atoms with Crippen molar-refractivity contribution in [3.8, 4) is 0 Å². The minimum Gasteiger partial charge on any atom is -0.478 e. The molecule has 1 heterocycles. The molecule has 144 valence electrons. The average molecular weight is 371 g/mol. The van der Waals surface area contributed by atoms with Gasteiger partial charge in [-0.05, 0) is 31.9 Å². The highest BCUT2D eigenvalue weighted by Crippen LogP contribution is 2.07. The molecule has 0 amide bonds. The molecular weight excluding hydrogens is 346 g/mol. The van der Waals surface area contributed by atoms with Crippen molar-refractivity contribution in [3.63, 3.8) is 0 Å². The number of amidine groups is 1. The number of nitrogens with two attached hydrogens (primary N) is 3. The van der Waals surface area contributed by atoms with Gasteiger partial charge in [0.05, 0.1) is 6.61 Å². The second-order valence-electron chi connectivity index (χ2n) is 5.62. The van der Waals surface area contributed by atoms with E-state index < -0.39 is 0 Å². The van der Waals surface area contributed by atoms with Gasteiger partial charge in [0.1, 0.15) is 5.84 Å². The number of benzene rings is 1. The first-order valence-corrected chi connectivity index (χ1v) is 8.62. The Bertz CT molecular complexity index is 769. The Morgan fingerprint density at radius 3 is 2.33 bits per heavy atom. The Morgan fingerprint density at radius 2 is 1.70 bits per heavy atom. The van der Waals surface area contributed by atoms with E-state index in [1.807, 2.05) is 19.1 Å². The molecule has 0 aliphatic rings. The number of aromatic nitrogens is 3. The highest BCUT2D eigenvalue weighted by Gasteiger charge is 2.04. The Kier molecular flexibility index (Phi) is 7.29. The second-order valence-corrected chi connectivity index (χ2v) is 5.62. The van der Waals surface area contributed by atoms with Gasteiger partial charge in [0.2, 0.25) is 23.7 Å². The van der Waals surface area contributed by atoms with Crippen molar-refractivity contribution in [2.45, 2.75) is 19.8 Å². The fourth-order valence-electron chi connectivity index (χ4n) is 2.24. The summed E-state index contributed by atoms with van der Waals surface area (Å²) in [6.45, 7) is 3.57. The summed E-state index contributed by atoms with van der Waals surface area (Å²) in [5.74, 6) is 1.15. The number of nitrogens with one attached hydrogen (secondary N) is 2. The first-order valence-electron chi connectivity index (χ1n) is 8.62. The highest BCUT2D eigenvalue weighted by molar-refractivity contribution is 5.99. The topological polar surface area (TPSA) is 174 Å². The van der Waals surface area contributed by atoms with Crippen molar-refractivity contribution in [1.82, 2.24) is 15.0 Å². The fourth-order valence-corrected chi connectivity index (χ4v) is 2.24. The van der Waals surface area contributed by atoms with Crippen LogP contribution in [0.5, 0.6) is 0 Å². The summed E-state index contributed by atoms with van der Waals surface area (Å²) in [7, 11) is 0. The van der Waals surface area contributed by atoms with Gasteiger partial charge in [0.15, 0.2) is 0 Å². The molecule has 0 atom stereocenters. The van der Waals surface area contributed by atoms with Gasteiger partial charge < -0.3 is 27.3 Å². The van der Waals surface area contributed by atoms with Crippen molar-refractivity contribution in [2.24, 2.45) is 10.7 Å². The van der Waals surface area contributed by atoms with Crippen LogP contribution in [0.2, 0.25) is 0 Å². The summed E-state index contributed by atoms with van der Waals surface area (Å²) < 4.78 is 5.17. The maximum Gasteiger partial charge on any atom is 0.229 e. The Morgan fingerprint density at radius 1 is 1.07 bits per heavy atom. The predicted octanol–water partition coefficient (Wildman–Crippen LogP) is 0.995. The molecule has 0 fully saturated rings. The lowest BCUT2D eigenvalue weighted by molar-refractivity contribution is 0.325. The van der Waals surface area contributed by atoms with Crippen molar-refractivity contribution < 1.29 is 4.74 Å². The van der Waals surface area contributed by atoms with Gasteiger partial charge >= 0.3 is 0 Å². The van der Waals surface area contributed by atoms with Crippen LogP contribution >= 0.6 is 0 Å². The van der Waals surface area contributed by atoms with E-state index in [2.05, 4.69) is 25.3 Å². The lowest BCUT2D eigenvalue weighted by atomic mass is 10.1. The summed E-state index contributed by atoms with van der Waals surface area (Å²) in [6.07, 6.45) is 1.70. The molecule has 0 saturated heterocycles. The molecule has 10 nitrogen and oxygen atoms in total. The Labute approximate surface area is 157 Å². The molecule has 8 N–H and O–H groups in total. The smallest absolute Gasteiger partial charge is 0.229 e. The zero-order chi connectivity index (χ0) is 19.6. The highest BCUT2D eigenvalue weighted by atomic mass is 16.5. The predicted molar refractivity (Wildman–Crippen MR) is 107 cm³/mol. The minimum absolute atomic E-state index is 0.0878. The van der Waals surface area contributed by atoms with Crippen molar-refractivity contribution >= 4 is 29.6 Å². The number of unbranched alkanes of at least 4 members (excludes halogenated alkanes) is 1. The SMILES string of the molecule is CCOC(=N)c1ccc(C(N)=NCCCCNc2nc(N)nc(N)n2)cc1. The number of nitrogens with zero attached hydrogens (tertiary/aromatic N) is 4. The number of aliphatic imine (C=N–C) groups is 1. The van der Waals surface area contributed by atoms with Crippen LogP contribution in [0.1, 0.15) is 30.9 Å². The van der Waals surface area contributed by atoms with Gasteiger partial charge in [-0.1, -0.05) is 12.1 Å². The van der Waals surface area contributed by atoms with Gasteiger partial charge in [-0.3, -0.25) is 10.4 Å². The van der Waals surface area contributed by atoms with Crippen LogP contribution in [0.4, 0.5) is 17.8 Å². The lowest BCUT2D eigenvalue weighted by Crippen LogP contribution is -2.15. The standard InChI is InChI=1S/C17H25N9O/c1-2-27-14(19)12-7-5-11(6-8-12)13(18)22-9-3-4-10-23-17-25-15(20)24-16(21)26-17/h5-8,19H,2-4,9-10H2,1H3,(H2,18,22)(H5,20,21,23,24,25,26). The molecule has 2 rings (SSSR count). The maximum absolute atomic E-state index is 7.75. The van der Waals surface area contributed by atoms with E-state index in [-0.39, 0.29) is 17.8 Å². The normalized spacial score (nSPS) is 11.2. The molecule has 10 heteroatoms. The van der Waals surface area contributed by atoms with E-state index in [0.29, 0.717) is 37.0 Å². The van der Waals surface area contributed by atoms with E-state index in [9.17, 15) is 0 Å². The van der Waals surface area contributed by atoms with Crippen LogP contribution in [-0.2, 0) is 4.74 Å². The van der Waals surface area contributed by atoms with Crippen molar-refractivity contribution in [3.05, 3.63) is 35.4 Å². The minimum atomic E-state index is 0.0878. The summed E-state index contributed by atoms with van der Waals surface area (Å²) >= 11 is 0. The number of anilines is 3. The summed E-state index contributed by atoms with van der Waals surface area (Å²) in [5.41, 5.74) is 18.6. The number of rotatable bonds is 9. The fraction of sp³-hybridized carbons (Fsp3) is 0.353. The van der Waals surface area contributed by atoms with Gasteiger partial charge in [0, 0.05) is 24.2 Å². The lowest BCUT2D eigenvalue weighted by Gasteiger charge is -2.07. The molecule has 0 bridgehead atoms.